The van der Waals surface area contributed by atoms with Crippen LogP contribution in [0.25, 0.3) is 28.2 Å². The lowest BCUT2D eigenvalue weighted by Gasteiger charge is -2.43. The molecule has 168 valence electrons. The fraction of sp³-hybridized carbons (Fsp3) is 0.269. The van der Waals surface area contributed by atoms with Gasteiger partial charge in [-0.3, -0.25) is 4.79 Å². The zero-order valence-corrected chi connectivity index (χ0v) is 20.2. The van der Waals surface area contributed by atoms with Gasteiger partial charge in [0.1, 0.15) is 10.3 Å². The van der Waals surface area contributed by atoms with Gasteiger partial charge in [0, 0.05) is 24.1 Å². The first-order valence-electron chi connectivity index (χ1n) is 11.2. The van der Waals surface area contributed by atoms with Gasteiger partial charge in [0.15, 0.2) is 11.4 Å². The number of rotatable bonds is 6. The summed E-state index contributed by atoms with van der Waals surface area (Å²) in [4.78, 5) is 16.8. The molecule has 5 rings (SSSR count). The van der Waals surface area contributed by atoms with Crippen molar-refractivity contribution in [1.82, 2.24) is 19.9 Å². The van der Waals surface area contributed by atoms with E-state index in [9.17, 15) is 4.79 Å². The number of amides is 1. The topological polar surface area (TPSA) is 68.5 Å². The molecule has 2 aromatic heterocycles. The van der Waals surface area contributed by atoms with Crippen molar-refractivity contribution in [2.75, 3.05) is 6.61 Å². The standard InChI is InChI=1S/C26H25BrN4O2/c1-3-33-21-16-22(27)30-31-24(19-8-5-4-6-9-19)23(28-25(21)31)18-10-12-20(13-11-18)26(14-7-15-26)29-17(2)32/h4-6,8-13,16H,3,7,14-15H2,1-2H3,(H,29,32). The van der Waals surface area contributed by atoms with Gasteiger partial charge in [-0.05, 0) is 47.7 Å². The Kier molecular flexibility index (Phi) is 5.66. The van der Waals surface area contributed by atoms with E-state index >= 15 is 0 Å². The van der Waals surface area contributed by atoms with Crippen LogP contribution in [0, 0.1) is 0 Å². The maximum atomic E-state index is 11.8. The van der Waals surface area contributed by atoms with Crippen molar-refractivity contribution < 1.29 is 9.53 Å². The molecule has 1 aliphatic carbocycles. The van der Waals surface area contributed by atoms with Gasteiger partial charge in [0.05, 0.1) is 17.8 Å². The maximum Gasteiger partial charge on any atom is 0.217 e. The lowest BCUT2D eigenvalue weighted by Crippen LogP contribution is -2.50. The predicted molar refractivity (Wildman–Crippen MR) is 132 cm³/mol. The van der Waals surface area contributed by atoms with Gasteiger partial charge in [-0.1, -0.05) is 54.6 Å². The molecule has 4 aromatic rings. The van der Waals surface area contributed by atoms with E-state index in [2.05, 4.69) is 57.6 Å². The minimum Gasteiger partial charge on any atom is -0.490 e. The van der Waals surface area contributed by atoms with Gasteiger partial charge in [0.2, 0.25) is 5.91 Å². The summed E-state index contributed by atoms with van der Waals surface area (Å²) in [6, 6.07) is 20.4. The molecule has 0 unspecified atom stereocenters. The van der Waals surface area contributed by atoms with Crippen molar-refractivity contribution >= 4 is 27.5 Å². The minimum absolute atomic E-state index is 0.00518. The Morgan fingerprint density at radius 1 is 1.12 bits per heavy atom. The highest BCUT2D eigenvalue weighted by Gasteiger charge is 2.39. The lowest BCUT2D eigenvalue weighted by molar-refractivity contribution is -0.122. The molecule has 2 heterocycles. The summed E-state index contributed by atoms with van der Waals surface area (Å²) in [7, 11) is 0. The summed E-state index contributed by atoms with van der Waals surface area (Å²) in [6.07, 6.45) is 3.05. The van der Waals surface area contributed by atoms with Crippen LogP contribution in [-0.4, -0.2) is 27.1 Å². The fourth-order valence-corrected chi connectivity index (χ4v) is 4.95. The molecule has 1 fully saturated rings. The third-order valence-electron chi connectivity index (χ3n) is 6.20. The van der Waals surface area contributed by atoms with Crippen LogP contribution >= 0.6 is 15.9 Å². The van der Waals surface area contributed by atoms with E-state index in [0.29, 0.717) is 22.6 Å². The summed E-state index contributed by atoms with van der Waals surface area (Å²) in [5.74, 6) is 0.684. The molecule has 0 atom stereocenters. The van der Waals surface area contributed by atoms with Crippen LogP contribution in [0.4, 0.5) is 0 Å². The van der Waals surface area contributed by atoms with Crippen LogP contribution in [0.15, 0.2) is 65.3 Å². The Labute approximate surface area is 201 Å². The number of hydrogen-bond donors (Lipinski definition) is 1. The average molecular weight is 505 g/mol. The summed E-state index contributed by atoms with van der Waals surface area (Å²) in [5.41, 5.74) is 5.30. The van der Waals surface area contributed by atoms with Gasteiger partial charge in [0.25, 0.3) is 0 Å². The number of ether oxygens (including phenoxy) is 1. The van der Waals surface area contributed by atoms with Crippen molar-refractivity contribution in [3.05, 3.63) is 70.8 Å². The highest BCUT2D eigenvalue weighted by molar-refractivity contribution is 9.10. The highest BCUT2D eigenvalue weighted by Crippen LogP contribution is 2.42. The molecular formula is C26H25BrN4O2. The average Bonchev–Trinajstić information content (AvgIpc) is 3.16. The number of benzene rings is 2. The number of imidazole rings is 1. The summed E-state index contributed by atoms with van der Waals surface area (Å²) in [5, 5.41) is 7.86. The molecule has 0 radical (unpaired) electrons. The number of halogens is 1. The molecule has 7 heteroatoms. The van der Waals surface area contributed by atoms with Crippen LogP contribution in [-0.2, 0) is 10.3 Å². The second-order valence-electron chi connectivity index (χ2n) is 8.37. The second kappa shape index (κ2) is 8.63. The van der Waals surface area contributed by atoms with Crippen LogP contribution in [0.3, 0.4) is 0 Å². The number of carbonyl (C=O) groups excluding carboxylic acids is 1. The number of hydrogen-bond acceptors (Lipinski definition) is 4. The first kappa shape index (κ1) is 21.6. The largest absolute Gasteiger partial charge is 0.490 e. The molecule has 6 nitrogen and oxygen atoms in total. The number of carbonyl (C=O) groups is 1. The van der Waals surface area contributed by atoms with Crippen molar-refractivity contribution in [3.63, 3.8) is 0 Å². The zero-order valence-electron chi connectivity index (χ0n) is 18.6. The van der Waals surface area contributed by atoms with E-state index in [1.54, 1.807) is 6.92 Å². The molecule has 0 aliphatic heterocycles. The van der Waals surface area contributed by atoms with E-state index in [1.165, 1.54) is 0 Å². The van der Waals surface area contributed by atoms with Gasteiger partial charge < -0.3 is 10.1 Å². The Balaban J connectivity index is 1.66. The minimum atomic E-state index is -0.250. The Morgan fingerprint density at radius 3 is 2.45 bits per heavy atom. The number of nitrogens with one attached hydrogen (secondary N) is 1. The van der Waals surface area contributed by atoms with Crippen molar-refractivity contribution in [2.24, 2.45) is 0 Å². The molecule has 1 saturated carbocycles. The second-order valence-corrected chi connectivity index (χ2v) is 9.18. The third kappa shape index (κ3) is 3.91. The first-order chi connectivity index (χ1) is 16.0. The van der Waals surface area contributed by atoms with Crippen molar-refractivity contribution in [3.8, 4) is 28.3 Å². The monoisotopic (exact) mass is 504 g/mol. The SMILES string of the molecule is CCOc1cc(Br)nn2c(-c3ccccc3)c(-c3ccc(C4(NC(C)=O)CCC4)cc3)nc12. The third-order valence-corrected chi connectivity index (χ3v) is 6.59. The van der Waals surface area contributed by atoms with Crippen LogP contribution in [0.1, 0.15) is 38.7 Å². The number of fused-ring (bicyclic) bond motifs is 1. The van der Waals surface area contributed by atoms with E-state index in [4.69, 9.17) is 14.8 Å². The van der Waals surface area contributed by atoms with Crippen LogP contribution in [0.2, 0.25) is 0 Å². The first-order valence-corrected chi connectivity index (χ1v) is 12.0. The highest BCUT2D eigenvalue weighted by atomic mass is 79.9. The Hall–Kier alpha value is -3.19. The van der Waals surface area contributed by atoms with Crippen molar-refractivity contribution in [2.45, 2.75) is 38.6 Å². The molecule has 0 bridgehead atoms. The van der Waals surface area contributed by atoms with Crippen molar-refractivity contribution in [1.29, 1.82) is 0 Å². The van der Waals surface area contributed by atoms with Gasteiger partial charge in [-0.15, -0.1) is 0 Å². The summed E-state index contributed by atoms with van der Waals surface area (Å²) < 4.78 is 8.39. The molecule has 0 spiro atoms. The summed E-state index contributed by atoms with van der Waals surface area (Å²) >= 11 is 3.52. The number of aromatic nitrogens is 3. The molecule has 0 saturated heterocycles. The smallest absolute Gasteiger partial charge is 0.217 e. The maximum absolute atomic E-state index is 11.8. The normalized spacial score (nSPS) is 14.6. The molecule has 1 N–H and O–H groups in total. The Morgan fingerprint density at radius 2 is 1.85 bits per heavy atom. The van der Waals surface area contributed by atoms with E-state index in [1.807, 2.05) is 35.7 Å². The molecular weight excluding hydrogens is 480 g/mol. The Bertz CT molecular complexity index is 1310. The molecule has 1 aliphatic rings. The van der Waals surface area contributed by atoms with Gasteiger partial charge in [-0.25, -0.2) is 9.50 Å². The predicted octanol–water partition coefficient (Wildman–Crippen LogP) is 5.74. The van der Waals surface area contributed by atoms with Crippen LogP contribution < -0.4 is 10.1 Å². The van der Waals surface area contributed by atoms with Crippen LogP contribution in [0.5, 0.6) is 5.75 Å². The quantitative estimate of drug-likeness (QED) is 0.363. The lowest BCUT2D eigenvalue weighted by atomic mass is 9.71. The van der Waals surface area contributed by atoms with E-state index < -0.39 is 0 Å². The molecule has 33 heavy (non-hydrogen) atoms. The molecule has 1 amide bonds. The fourth-order valence-electron chi connectivity index (χ4n) is 4.58. The van der Waals surface area contributed by atoms with Gasteiger partial charge >= 0.3 is 0 Å². The van der Waals surface area contributed by atoms with Gasteiger partial charge in [-0.2, -0.15) is 5.10 Å². The van der Waals surface area contributed by atoms with E-state index in [-0.39, 0.29) is 11.4 Å². The van der Waals surface area contributed by atoms with E-state index in [0.717, 1.165) is 47.3 Å². The summed E-state index contributed by atoms with van der Waals surface area (Å²) in [6.45, 7) is 4.07. The zero-order chi connectivity index (χ0) is 23.0. The molecule has 2 aromatic carbocycles. The number of nitrogens with zero attached hydrogens (tertiary/aromatic N) is 3.